The minimum atomic E-state index is -1.20. The second kappa shape index (κ2) is 5.91. The molecule has 0 radical (unpaired) electrons. The van der Waals surface area contributed by atoms with Gasteiger partial charge < -0.3 is 4.74 Å². The van der Waals surface area contributed by atoms with Crippen LogP contribution in [0.5, 0.6) is 0 Å². The largest absolute Gasteiger partial charge is 0.465 e. The number of carbonyl (C=O) groups excluding carboxylic acids is 1. The average molecular weight is 267 g/mol. The molecule has 0 saturated heterocycles. The summed E-state index contributed by atoms with van der Waals surface area (Å²) in [6.45, 7) is 1.71. The lowest BCUT2D eigenvalue weighted by molar-refractivity contribution is -0.142. The van der Waals surface area contributed by atoms with E-state index >= 15 is 0 Å². The Labute approximate surface area is 101 Å². The molecule has 1 rings (SSSR count). The number of esters is 1. The Hall–Kier alpha value is -1.23. The van der Waals surface area contributed by atoms with Gasteiger partial charge >= 0.3 is 5.97 Å². The van der Waals surface area contributed by atoms with Gasteiger partial charge in [-0.25, -0.2) is 13.2 Å². The van der Waals surface area contributed by atoms with Gasteiger partial charge in [-0.05, 0) is 6.92 Å². The third-order valence-electron chi connectivity index (χ3n) is 2.03. The van der Waals surface area contributed by atoms with Gasteiger partial charge in [-0.1, -0.05) is 0 Å². The molecule has 1 unspecified atom stereocenters. The van der Waals surface area contributed by atoms with Gasteiger partial charge in [0.1, 0.15) is 22.8 Å². The molecule has 0 aliphatic carbocycles. The van der Waals surface area contributed by atoms with Crippen molar-refractivity contribution < 1.29 is 22.7 Å². The summed E-state index contributed by atoms with van der Waals surface area (Å²) in [6.07, 6.45) is -0.391. The standard InChI is InChI=1S/C11H10ClF3O2/c1-2-17-11(16)8(12)5-7-9(14)3-6(13)4-10(7)15/h3-4,8H,2,5H2,1H3. The first-order chi connectivity index (χ1) is 7.95. The van der Waals surface area contributed by atoms with Gasteiger partial charge in [-0.3, -0.25) is 4.79 Å². The second-order valence-corrected chi connectivity index (χ2v) is 3.80. The molecule has 1 atom stereocenters. The molecule has 0 aromatic heterocycles. The first kappa shape index (κ1) is 13.8. The van der Waals surface area contributed by atoms with Crippen LogP contribution in [-0.4, -0.2) is 18.0 Å². The highest BCUT2D eigenvalue weighted by molar-refractivity contribution is 6.30. The summed E-state index contributed by atoms with van der Waals surface area (Å²) >= 11 is 5.63. The summed E-state index contributed by atoms with van der Waals surface area (Å²) in [5.41, 5.74) is -0.431. The summed E-state index contributed by atoms with van der Waals surface area (Å²) in [5, 5.41) is -1.20. The number of carbonyl (C=O) groups is 1. The van der Waals surface area contributed by atoms with Crippen LogP contribution in [0, 0.1) is 17.5 Å². The molecular formula is C11H10ClF3O2. The Bertz CT molecular complexity index is 400. The zero-order chi connectivity index (χ0) is 13.0. The number of rotatable bonds is 4. The van der Waals surface area contributed by atoms with Gasteiger partial charge in [-0.15, -0.1) is 11.6 Å². The van der Waals surface area contributed by atoms with E-state index in [0.717, 1.165) is 0 Å². The van der Waals surface area contributed by atoms with Crippen LogP contribution in [0.3, 0.4) is 0 Å². The van der Waals surface area contributed by atoms with E-state index in [1.54, 1.807) is 6.92 Å². The summed E-state index contributed by atoms with van der Waals surface area (Å²) < 4.78 is 43.7. The number of alkyl halides is 1. The van der Waals surface area contributed by atoms with E-state index < -0.39 is 40.8 Å². The number of hydrogen-bond donors (Lipinski definition) is 0. The lowest BCUT2D eigenvalue weighted by atomic mass is 10.1. The van der Waals surface area contributed by atoms with Crippen LogP contribution in [0.15, 0.2) is 12.1 Å². The van der Waals surface area contributed by atoms with Gasteiger partial charge in [0.2, 0.25) is 0 Å². The lowest BCUT2D eigenvalue weighted by Gasteiger charge is -2.10. The van der Waals surface area contributed by atoms with Gasteiger partial charge in [0.15, 0.2) is 0 Å². The van der Waals surface area contributed by atoms with Crippen LogP contribution >= 0.6 is 11.6 Å². The maximum absolute atomic E-state index is 13.2. The average Bonchev–Trinajstić information content (AvgIpc) is 2.23. The molecule has 0 spiro atoms. The zero-order valence-corrected chi connectivity index (χ0v) is 9.73. The number of ether oxygens (including phenoxy) is 1. The summed E-state index contributed by atoms with van der Waals surface area (Å²) in [6, 6.07) is 1.07. The van der Waals surface area contributed by atoms with Crippen molar-refractivity contribution in [3.63, 3.8) is 0 Å². The molecule has 0 saturated carbocycles. The normalized spacial score (nSPS) is 12.3. The van der Waals surface area contributed by atoms with Crippen molar-refractivity contribution in [2.75, 3.05) is 6.61 Å². The van der Waals surface area contributed by atoms with Crippen molar-refractivity contribution >= 4 is 17.6 Å². The van der Waals surface area contributed by atoms with E-state index in [1.165, 1.54) is 0 Å². The van der Waals surface area contributed by atoms with Crippen molar-refractivity contribution in [2.45, 2.75) is 18.7 Å². The fourth-order valence-electron chi connectivity index (χ4n) is 1.26. The SMILES string of the molecule is CCOC(=O)C(Cl)Cc1c(F)cc(F)cc1F. The first-order valence-corrected chi connectivity index (χ1v) is 5.33. The number of benzene rings is 1. The molecule has 1 aromatic carbocycles. The fourth-order valence-corrected chi connectivity index (χ4v) is 1.48. The predicted octanol–water partition coefficient (Wildman–Crippen LogP) is 2.82. The maximum Gasteiger partial charge on any atom is 0.324 e. The summed E-state index contributed by atoms with van der Waals surface area (Å²) in [4.78, 5) is 11.2. The molecule has 1 aromatic rings. The van der Waals surface area contributed by atoms with Crippen LogP contribution in [0.4, 0.5) is 13.2 Å². The second-order valence-electron chi connectivity index (χ2n) is 3.27. The highest BCUT2D eigenvalue weighted by Crippen LogP contribution is 2.18. The molecule has 6 heteroatoms. The molecule has 0 N–H and O–H groups in total. The number of halogens is 4. The number of hydrogen-bond acceptors (Lipinski definition) is 2. The molecule has 2 nitrogen and oxygen atoms in total. The van der Waals surface area contributed by atoms with E-state index in [9.17, 15) is 18.0 Å². The van der Waals surface area contributed by atoms with E-state index in [0.29, 0.717) is 12.1 Å². The van der Waals surface area contributed by atoms with Gasteiger partial charge in [-0.2, -0.15) is 0 Å². The quantitative estimate of drug-likeness (QED) is 0.619. The monoisotopic (exact) mass is 266 g/mol. The van der Waals surface area contributed by atoms with Crippen molar-refractivity contribution in [2.24, 2.45) is 0 Å². The first-order valence-electron chi connectivity index (χ1n) is 4.89. The van der Waals surface area contributed by atoms with Gasteiger partial charge in [0.25, 0.3) is 0 Å². The van der Waals surface area contributed by atoms with E-state index in [1.807, 2.05) is 0 Å². The molecule has 0 aliphatic rings. The smallest absolute Gasteiger partial charge is 0.324 e. The summed E-state index contributed by atoms with van der Waals surface area (Å²) in [7, 11) is 0. The highest BCUT2D eigenvalue weighted by Gasteiger charge is 2.21. The van der Waals surface area contributed by atoms with E-state index in [2.05, 4.69) is 4.74 Å². The topological polar surface area (TPSA) is 26.3 Å². The molecule has 0 fully saturated rings. The maximum atomic E-state index is 13.2. The minimum absolute atomic E-state index is 0.121. The molecule has 94 valence electrons. The third kappa shape index (κ3) is 3.63. The predicted molar refractivity (Wildman–Crippen MR) is 56.3 cm³/mol. The van der Waals surface area contributed by atoms with Gasteiger partial charge in [0.05, 0.1) is 6.61 Å². The Kier molecular flexibility index (Phi) is 4.81. The zero-order valence-electron chi connectivity index (χ0n) is 8.97. The van der Waals surface area contributed by atoms with Crippen molar-refractivity contribution in [3.05, 3.63) is 35.1 Å². The van der Waals surface area contributed by atoms with Crippen molar-refractivity contribution in [1.29, 1.82) is 0 Å². The Morgan fingerprint density at radius 3 is 2.35 bits per heavy atom. The molecule has 0 heterocycles. The third-order valence-corrected chi connectivity index (χ3v) is 2.36. The molecule has 0 bridgehead atoms. The van der Waals surface area contributed by atoms with Crippen molar-refractivity contribution in [3.8, 4) is 0 Å². The van der Waals surface area contributed by atoms with Crippen LogP contribution in [0.25, 0.3) is 0 Å². The Morgan fingerprint density at radius 1 is 1.35 bits per heavy atom. The molecule has 17 heavy (non-hydrogen) atoms. The van der Waals surface area contributed by atoms with Crippen LogP contribution in [0.2, 0.25) is 0 Å². The Morgan fingerprint density at radius 2 is 1.88 bits per heavy atom. The minimum Gasteiger partial charge on any atom is -0.465 e. The highest BCUT2D eigenvalue weighted by atomic mass is 35.5. The van der Waals surface area contributed by atoms with E-state index in [-0.39, 0.29) is 6.61 Å². The van der Waals surface area contributed by atoms with Crippen LogP contribution in [-0.2, 0) is 16.0 Å². The van der Waals surface area contributed by atoms with Crippen LogP contribution < -0.4 is 0 Å². The molecular weight excluding hydrogens is 257 g/mol. The lowest BCUT2D eigenvalue weighted by Crippen LogP contribution is -2.21. The molecule has 0 amide bonds. The van der Waals surface area contributed by atoms with E-state index in [4.69, 9.17) is 11.6 Å². The Balaban J connectivity index is 2.85. The summed E-state index contributed by atoms with van der Waals surface area (Å²) in [5.74, 6) is -3.93. The van der Waals surface area contributed by atoms with Gasteiger partial charge in [0, 0.05) is 24.1 Å². The van der Waals surface area contributed by atoms with Crippen LogP contribution in [0.1, 0.15) is 12.5 Å². The molecule has 0 aliphatic heterocycles. The fraction of sp³-hybridized carbons (Fsp3) is 0.364. The van der Waals surface area contributed by atoms with Crippen molar-refractivity contribution in [1.82, 2.24) is 0 Å².